The van der Waals surface area contributed by atoms with Gasteiger partial charge in [-0.05, 0) is 30.2 Å². The van der Waals surface area contributed by atoms with E-state index < -0.39 is 5.97 Å². The minimum absolute atomic E-state index is 0.0474. The van der Waals surface area contributed by atoms with Crippen LogP contribution in [0.25, 0.3) is 0 Å². The number of carbonyl (C=O) groups is 1. The lowest BCUT2D eigenvalue weighted by Crippen LogP contribution is -2.34. The molecule has 106 valence electrons. The molecule has 0 bridgehead atoms. The molecule has 2 rings (SSSR count). The topological polar surface area (TPSA) is 62.5 Å². The van der Waals surface area contributed by atoms with Crippen molar-refractivity contribution in [3.05, 3.63) is 23.7 Å². The summed E-state index contributed by atoms with van der Waals surface area (Å²) in [6.45, 7) is 6.04. The summed E-state index contributed by atoms with van der Waals surface area (Å²) in [5, 5.41) is 12.3. The molecule has 4 heteroatoms. The quantitative estimate of drug-likeness (QED) is 0.828. The molecule has 19 heavy (non-hydrogen) atoms. The van der Waals surface area contributed by atoms with Gasteiger partial charge in [-0.3, -0.25) is 0 Å². The van der Waals surface area contributed by atoms with Crippen LogP contribution in [0, 0.1) is 11.3 Å². The van der Waals surface area contributed by atoms with Crippen molar-refractivity contribution >= 4 is 5.97 Å². The third-order valence-electron chi connectivity index (χ3n) is 4.30. The average molecular weight is 265 g/mol. The third-order valence-corrected chi connectivity index (χ3v) is 4.30. The van der Waals surface area contributed by atoms with Crippen LogP contribution in [0.3, 0.4) is 0 Å². The fourth-order valence-electron chi connectivity index (χ4n) is 3.03. The molecule has 0 unspecified atom stereocenters. The summed E-state index contributed by atoms with van der Waals surface area (Å²) in [6.07, 6.45) is 6.77. The molecule has 0 radical (unpaired) electrons. The Hall–Kier alpha value is -1.29. The van der Waals surface area contributed by atoms with Crippen molar-refractivity contribution in [1.29, 1.82) is 0 Å². The van der Waals surface area contributed by atoms with E-state index in [1.165, 1.54) is 31.9 Å². The number of nitrogens with one attached hydrogen (secondary N) is 1. The van der Waals surface area contributed by atoms with E-state index in [0.717, 1.165) is 18.0 Å². The van der Waals surface area contributed by atoms with E-state index >= 15 is 0 Å². The molecule has 0 spiro atoms. The summed E-state index contributed by atoms with van der Waals surface area (Å²) >= 11 is 0. The first kappa shape index (κ1) is 14.1. The van der Waals surface area contributed by atoms with Gasteiger partial charge in [-0.25, -0.2) is 4.79 Å². The van der Waals surface area contributed by atoms with Crippen LogP contribution in [0.2, 0.25) is 0 Å². The minimum Gasteiger partial charge on any atom is -0.475 e. The highest BCUT2D eigenvalue weighted by Gasteiger charge is 2.31. The molecule has 0 aliphatic heterocycles. The molecule has 2 N–H and O–H groups in total. The van der Waals surface area contributed by atoms with Gasteiger partial charge >= 0.3 is 5.97 Å². The number of hydrogen-bond donors (Lipinski definition) is 2. The van der Waals surface area contributed by atoms with Gasteiger partial charge < -0.3 is 14.8 Å². The van der Waals surface area contributed by atoms with Crippen LogP contribution in [-0.2, 0) is 6.54 Å². The molecule has 1 aromatic rings. The summed E-state index contributed by atoms with van der Waals surface area (Å²) in [5.41, 5.74) is 0.985. The second kappa shape index (κ2) is 5.78. The standard InChI is InChI=1S/C15H23NO3/c1-15(2,12-5-3-4-6-12)10-16-9-11-7-8-19-13(11)14(17)18/h7-8,12,16H,3-6,9-10H2,1-2H3,(H,17,18). The number of furan rings is 1. The third kappa shape index (κ3) is 3.38. The van der Waals surface area contributed by atoms with Crippen molar-refractivity contribution in [3.8, 4) is 0 Å². The zero-order valence-corrected chi connectivity index (χ0v) is 11.7. The van der Waals surface area contributed by atoms with Gasteiger partial charge in [-0.1, -0.05) is 26.7 Å². The number of carboxylic acids is 1. The van der Waals surface area contributed by atoms with E-state index in [-0.39, 0.29) is 11.2 Å². The zero-order chi connectivity index (χ0) is 13.9. The first-order valence-electron chi connectivity index (χ1n) is 7.01. The summed E-state index contributed by atoms with van der Waals surface area (Å²) in [6, 6.07) is 1.72. The van der Waals surface area contributed by atoms with Crippen molar-refractivity contribution in [2.24, 2.45) is 11.3 Å². The van der Waals surface area contributed by atoms with Crippen molar-refractivity contribution in [2.75, 3.05) is 6.54 Å². The van der Waals surface area contributed by atoms with Crippen LogP contribution in [-0.4, -0.2) is 17.6 Å². The summed E-state index contributed by atoms with van der Waals surface area (Å²) in [5.74, 6) is -0.175. The minimum atomic E-state index is -1.00. The summed E-state index contributed by atoms with van der Waals surface area (Å²) < 4.78 is 4.97. The molecule has 1 saturated carbocycles. The molecular formula is C15H23NO3. The maximum absolute atomic E-state index is 10.9. The molecule has 1 heterocycles. The number of hydrogen-bond acceptors (Lipinski definition) is 3. The van der Waals surface area contributed by atoms with Gasteiger partial charge in [-0.15, -0.1) is 0 Å². The predicted octanol–water partition coefficient (Wildman–Crippen LogP) is 3.28. The van der Waals surface area contributed by atoms with Gasteiger partial charge in [0.15, 0.2) is 0 Å². The molecular weight excluding hydrogens is 242 g/mol. The smallest absolute Gasteiger partial charge is 0.372 e. The second-order valence-electron chi connectivity index (χ2n) is 6.15. The maximum Gasteiger partial charge on any atom is 0.372 e. The fraction of sp³-hybridized carbons (Fsp3) is 0.667. The van der Waals surface area contributed by atoms with Crippen LogP contribution in [0.5, 0.6) is 0 Å². The molecule has 1 aliphatic carbocycles. The van der Waals surface area contributed by atoms with Gasteiger partial charge in [0.05, 0.1) is 6.26 Å². The van der Waals surface area contributed by atoms with E-state index in [1.54, 1.807) is 6.07 Å². The number of rotatable bonds is 6. The van der Waals surface area contributed by atoms with Gasteiger partial charge in [0.2, 0.25) is 5.76 Å². The molecule has 1 aliphatic rings. The summed E-state index contributed by atoms with van der Waals surface area (Å²) in [4.78, 5) is 10.9. The van der Waals surface area contributed by atoms with Gasteiger partial charge in [-0.2, -0.15) is 0 Å². The monoisotopic (exact) mass is 265 g/mol. The highest BCUT2D eigenvalue weighted by molar-refractivity contribution is 5.86. The molecule has 1 fully saturated rings. The van der Waals surface area contributed by atoms with Crippen molar-refractivity contribution in [2.45, 2.75) is 46.1 Å². The Morgan fingerprint density at radius 1 is 1.47 bits per heavy atom. The fourth-order valence-corrected chi connectivity index (χ4v) is 3.03. The second-order valence-corrected chi connectivity index (χ2v) is 6.15. The van der Waals surface area contributed by atoms with Crippen molar-refractivity contribution in [1.82, 2.24) is 5.32 Å². The van der Waals surface area contributed by atoms with Crippen molar-refractivity contribution in [3.63, 3.8) is 0 Å². The molecule has 0 atom stereocenters. The van der Waals surface area contributed by atoms with E-state index in [9.17, 15) is 4.79 Å². The zero-order valence-electron chi connectivity index (χ0n) is 11.7. The maximum atomic E-state index is 10.9. The Labute approximate surface area is 114 Å². The summed E-state index contributed by atoms with van der Waals surface area (Å²) in [7, 11) is 0. The predicted molar refractivity (Wildman–Crippen MR) is 73.1 cm³/mol. The molecule has 0 amide bonds. The molecule has 0 aromatic carbocycles. The first-order chi connectivity index (χ1) is 9.00. The van der Waals surface area contributed by atoms with Gasteiger partial charge in [0.1, 0.15) is 0 Å². The Kier molecular flexibility index (Phi) is 4.30. The van der Waals surface area contributed by atoms with Crippen LogP contribution in [0.1, 0.15) is 55.6 Å². The molecule has 4 nitrogen and oxygen atoms in total. The van der Waals surface area contributed by atoms with E-state index in [0.29, 0.717) is 6.54 Å². The Bertz CT molecular complexity index is 430. The van der Waals surface area contributed by atoms with Crippen LogP contribution in [0.15, 0.2) is 16.7 Å². The lowest BCUT2D eigenvalue weighted by Gasteiger charge is -2.32. The van der Waals surface area contributed by atoms with Gasteiger partial charge in [0, 0.05) is 18.7 Å². The largest absolute Gasteiger partial charge is 0.475 e. The average Bonchev–Trinajstić information content (AvgIpc) is 2.99. The highest BCUT2D eigenvalue weighted by atomic mass is 16.4. The normalized spacial score (nSPS) is 16.9. The Morgan fingerprint density at radius 3 is 2.79 bits per heavy atom. The Balaban J connectivity index is 1.85. The molecule has 1 aromatic heterocycles. The van der Waals surface area contributed by atoms with Crippen molar-refractivity contribution < 1.29 is 14.3 Å². The van der Waals surface area contributed by atoms with Gasteiger partial charge in [0.25, 0.3) is 0 Å². The van der Waals surface area contributed by atoms with Crippen LogP contribution in [0.4, 0.5) is 0 Å². The lowest BCUT2D eigenvalue weighted by atomic mass is 9.77. The number of aromatic carboxylic acids is 1. The highest BCUT2D eigenvalue weighted by Crippen LogP contribution is 2.39. The SMILES string of the molecule is CC(C)(CNCc1ccoc1C(=O)O)C1CCCC1. The number of carboxylic acid groups (broad SMARTS) is 1. The Morgan fingerprint density at radius 2 is 2.16 bits per heavy atom. The lowest BCUT2D eigenvalue weighted by molar-refractivity contribution is 0.0660. The van der Waals surface area contributed by atoms with Crippen LogP contribution >= 0.6 is 0 Å². The first-order valence-corrected chi connectivity index (χ1v) is 7.01. The molecule has 0 saturated heterocycles. The van der Waals surface area contributed by atoms with Crippen LogP contribution < -0.4 is 5.32 Å². The van der Waals surface area contributed by atoms with E-state index in [4.69, 9.17) is 9.52 Å². The van der Waals surface area contributed by atoms with E-state index in [1.807, 2.05) is 0 Å². The van der Waals surface area contributed by atoms with E-state index in [2.05, 4.69) is 19.2 Å².